The Hall–Kier alpha value is -2.88. The average molecular weight is 445 g/mol. The number of anilines is 1. The zero-order valence-corrected chi connectivity index (χ0v) is 17.4. The molecule has 1 aliphatic heterocycles. The Morgan fingerprint density at radius 2 is 1.62 bits per heavy atom. The SMILES string of the molecule is O=C(Nc1cccc(-c2ccc(C(O)N3CCN(C(=O)C4(O)CC4)CC3)cc2)c1)C(F)F. The standard InChI is InChI=1S/C23H25F2N3O4/c24-19(25)20(29)26-18-3-1-2-17(14-18)15-4-6-16(7-5-15)21(30)27-10-12-28(13-11-27)22(31)23(32)8-9-23/h1-7,14,19,21,30,32H,8-13H2,(H,26,29). The van der Waals surface area contributed by atoms with Crippen molar-refractivity contribution in [2.24, 2.45) is 0 Å². The minimum atomic E-state index is -3.09. The second-order valence-corrected chi connectivity index (χ2v) is 8.23. The maximum absolute atomic E-state index is 12.5. The van der Waals surface area contributed by atoms with E-state index in [9.17, 15) is 28.6 Å². The van der Waals surface area contributed by atoms with Crippen LogP contribution in [0.15, 0.2) is 48.5 Å². The number of rotatable bonds is 6. The number of piperazine rings is 1. The molecule has 32 heavy (non-hydrogen) atoms. The van der Waals surface area contributed by atoms with Gasteiger partial charge < -0.3 is 20.4 Å². The van der Waals surface area contributed by atoms with E-state index in [1.54, 1.807) is 35.2 Å². The first kappa shape index (κ1) is 22.3. The lowest BCUT2D eigenvalue weighted by atomic mass is 10.0. The minimum absolute atomic E-state index is 0.219. The number of alkyl halides is 2. The molecular formula is C23H25F2N3O4. The third kappa shape index (κ3) is 4.79. The van der Waals surface area contributed by atoms with Crippen LogP contribution >= 0.6 is 0 Å². The highest BCUT2D eigenvalue weighted by atomic mass is 19.3. The van der Waals surface area contributed by atoms with Gasteiger partial charge in [-0.25, -0.2) is 0 Å². The Balaban J connectivity index is 1.37. The predicted octanol–water partition coefficient (Wildman–Crippen LogP) is 2.22. The Morgan fingerprint density at radius 1 is 0.969 bits per heavy atom. The smallest absolute Gasteiger partial charge is 0.315 e. The second kappa shape index (κ2) is 8.93. The molecule has 1 atom stereocenters. The van der Waals surface area contributed by atoms with Gasteiger partial charge in [-0.1, -0.05) is 36.4 Å². The average Bonchev–Trinajstić information content (AvgIpc) is 3.57. The Labute approximate surface area is 184 Å². The van der Waals surface area contributed by atoms with E-state index >= 15 is 0 Å². The van der Waals surface area contributed by atoms with Gasteiger partial charge >= 0.3 is 6.43 Å². The van der Waals surface area contributed by atoms with Crippen molar-refractivity contribution in [3.63, 3.8) is 0 Å². The quantitative estimate of drug-likeness (QED) is 0.634. The monoisotopic (exact) mass is 445 g/mol. The van der Waals surface area contributed by atoms with Gasteiger partial charge in [-0.15, -0.1) is 0 Å². The Morgan fingerprint density at radius 3 is 2.22 bits per heavy atom. The van der Waals surface area contributed by atoms with Crippen LogP contribution in [0.5, 0.6) is 0 Å². The summed E-state index contributed by atoms with van der Waals surface area (Å²) in [6.45, 7) is 1.90. The van der Waals surface area contributed by atoms with E-state index in [-0.39, 0.29) is 11.6 Å². The molecule has 7 nitrogen and oxygen atoms in total. The number of benzene rings is 2. The molecule has 3 N–H and O–H groups in total. The van der Waals surface area contributed by atoms with E-state index in [1.807, 2.05) is 17.0 Å². The Bertz CT molecular complexity index is 987. The van der Waals surface area contributed by atoms with Gasteiger partial charge in [0.25, 0.3) is 11.8 Å². The molecule has 1 saturated carbocycles. The van der Waals surface area contributed by atoms with E-state index < -0.39 is 24.2 Å². The third-order valence-electron chi connectivity index (χ3n) is 5.94. The van der Waals surface area contributed by atoms with Gasteiger partial charge in [0, 0.05) is 31.9 Å². The molecule has 1 unspecified atom stereocenters. The van der Waals surface area contributed by atoms with Gasteiger partial charge in [0.15, 0.2) is 0 Å². The molecule has 0 spiro atoms. The summed E-state index contributed by atoms with van der Waals surface area (Å²) in [5.74, 6) is -1.57. The highest BCUT2D eigenvalue weighted by Crippen LogP contribution is 2.37. The molecule has 2 fully saturated rings. The first-order valence-corrected chi connectivity index (χ1v) is 10.5. The molecule has 2 aliphatic rings. The van der Waals surface area contributed by atoms with Crippen LogP contribution in [0.1, 0.15) is 24.6 Å². The molecule has 2 amide bonds. The number of halogens is 2. The van der Waals surface area contributed by atoms with Gasteiger partial charge in [0.1, 0.15) is 11.8 Å². The largest absolute Gasteiger partial charge is 0.380 e. The number of aliphatic hydroxyl groups is 2. The maximum Gasteiger partial charge on any atom is 0.315 e. The summed E-state index contributed by atoms with van der Waals surface area (Å²) in [6, 6.07) is 13.8. The van der Waals surface area contributed by atoms with Crippen molar-refractivity contribution in [1.29, 1.82) is 0 Å². The van der Waals surface area contributed by atoms with Crippen molar-refractivity contribution in [3.8, 4) is 11.1 Å². The minimum Gasteiger partial charge on any atom is -0.380 e. The van der Waals surface area contributed by atoms with Crippen molar-refractivity contribution < 1.29 is 28.6 Å². The van der Waals surface area contributed by atoms with Crippen molar-refractivity contribution in [3.05, 3.63) is 54.1 Å². The molecule has 0 aromatic heterocycles. The summed E-state index contributed by atoms with van der Waals surface area (Å²) in [6.07, 6.45) is -2.88. The van der Waals surface area contributed by atoms with Crippen molar-refractivity contribution >= 4 is 17.5 Å². The van der Waals surface area contributed by atoms with Crippen LogP contribution in [0.25, 0.3) is 11.1 Å². The predicted molar refractivity (Wildman–Crippen MR) is 114 cm³/mol. The first-order valence-electron chi connectivity index (χ1n) is 10.5. The van der Waals surface area contributed by atoms with Gasteiger partial charge in [-0.05, 0) is 41.7 Å². The van der Waals surface area contributed by atoms with E-state index in [0.717, 1.165) is 11.1 Å². The maximum atomic E-state index is 12.5. The highest BCUT2D eigenvalue weighted by Gasteiger charge is 2.50. The molecule has 4 rings (SSSR count). The third-order valence-corrected chi connectivity index (χ3v) is 5.94. The van der Waals surface area contributed by atoms with Crippen LogP contribution in [0.2, 0.25) is 0 Å². The number of hydrogen-bond acceptors (Lipinski definition) is 5. The molecule has 1 saturated heterocycles. The van der Waals surface area contributed by atoms with Crippen LogP contribution in [0.4, 0.5) is 14.5 Å². The number of carbonyl (C=O) groups excluding carboxylic acids is 2. The topological polar surface area (TPSA) is 93.1 Å². The normalized spacial score (nSPS) is 19.0. The van der Waals surface area contributed by atoms with Crippen LogP contribution in [-0.4, -0.2) is 70.0 Å². The summed E-state index contributed by atoms with van der Waals surface area (Å²) in [5.41, 5.74) is 1.35. The fourth-order valence-electron chi connectivity index (χ4n) is 3.83. The van der Waals surface area contributed by atoms with Gasteiger partial charge in [-0.3, -0.25) is 14.5 Å². The van der Waals surface area contributed by atoms with Crippen molar-refractivity contribution in [1.82, 2.24) is 9.80 Å². The molecule has 1 aliphatic carbocycles. The number of aliphatic hydroxyl groups excluding tert-OH is 1. The lowest BCUT2D eigenvalue weighted by Crippen LogP contribution is -2.52. The Kier molecular flexibility index (Phi) is 6.23. The van der Waals surface area contributed by atoms with Crippen LogP contribution in [0.3, 0.4) is 0 Å². The molecule has 0 radical (unpaired) electrons. The first-order chi connectivity index (χ1) is 15.3. The van der Waals surface area contributed by atoms with Crippen molar-refractivity contribution in [2.75, 3.05) is 31.5 Å². The summed E-state index contributed by atoms with van der Waals surface area (Å²) >= 11 is 0. The molecule has 9 heteroatoms. The van der Waals surface area contributed by atoms with Crippen molar-refractivity contribution in [2.45, 2.75) is 31.1 Å². The number of nitrogens with zero attached hydrogens (tertiary/aromatic N) is 2. The van der Waals surface area contributed by atoms with E-state index in [4.69, 9.17) is 0 Å². The summed E-state index contributed by atoms with van der Waals surface area (Å²) in [4.78, 5) is 27.0. The fraction of sp³-hybridized carbons (Fsp3) is 0.391. The van der Waals surface area contributed by atoms with Crippen LogP contribution in [0, 0.1) is 0 Å². The zero-order valence-electron chi connectivity index (χ0n) is 17.4. The van der Waals surface area contributed by atoms with Gasteiger partial charge in [0.2, 0.25) is 0 Å². The number of nitrogens with one attached hydrogen (secondary N) is 1. The number of amides is 2. The summed E-state index contributed by atoms with van der Waals surface area (Å²) < 4.78 is 24.9. The second-order valence-electron chi connectivity index (χ2n) is 8.23. The van der Waals surface area contributed by atoms with Crippen LogP contribution in [-0.2, 0) is 9.59 Å². The molecule has 2 aromatic carbocycles. The highest BCUT2D eigenvalue weighted by molar-refractivity contribution is 5.93. The fourth-order valence-corrected chi connectivity index (χ4v) is 3.83. The molecule has 1 heterocycles. The van der Waals surface area contributed by atoms with E-state index in [1.165, 1.54) is 6.07 Å². The molecule has 170 valence electrons. The zero-order chi connectivity index (χ0) is 22.9. The number of hydrogen-bond donors (Lipinski definition) is 3. The van der Waals surface area contributed by atoms with Crippen LogP contribution < -0.4 is 5.32 Å². The van der Waals surface area contributed by atoms with E-state index in [0.29, 0.717) is 44.6 Å². The van der Waals surface area contributed by atoms with E-state index in [2.05, 4.69) is 5.32 Å². The lowest BCUT2D eigenvalue weighted by molar-refractivity contribution is -0.146. The molecule has 2 aromatic rings. The summed E-state index contributed by atoms with van der Waals surface area (Å²) in [7, 11) is 0. The van der Waals surface area contributed by atoms with Gasteiger partial charge in [-0.2, -0.15) is 8.78 Å². The number of carbonyl (C=O) groups is 2. The lowest BCUT2D eigenvalue weighted by Gasteiger charge is -2.38. The molecular weight excluding hydrogens is 420 g/mol. The van der Waals surface area contributed by atoms with Gasteiger partial charge in [0.05, 0.1) is 0 Å². The summed E-state index contributed by atoms with van der Waals surface area (Å²) in [5, 5.41) is 22.9. The molecule has 0 bridgehead atoms.